The number of guanidine groups is 1. The molecule has 0 aromatic heterocycles. The van der Waals surface area contributed by atoms with Crippen LogP contribution in [0.15, 0.2) is 29.3 Å². The molecule has 0 saturated carbocycles. The second-order valence-electron chi connectivity index (χ2n) is 8.12. The van der Waals surface area contributed by atoms with Crippen LogP contribution in [0.1, 0.15) is 37.8 Å². The molecule has 2 atom stereocenters. The predicted octanol–water partition coefficient (Wildman–Crippen LogP) is 2.54. The van der Waals surface area contributed by atoms with E-state index in [0.29, 0.717) is 11.8 Å². The van der Waals surface area contributed by atoms with Crippen molar-refractivity contribution in [1.82, 2.24) is 20.4 Å². The highest BCUT2D eigenvalue weighted by atomic mass is 15.2. The largest absolute Gasteiger partial charge is 0.357 e. The summed E-state index contributed by atoms with van der Waals surface area (Å²) < 4.78 is 0. The molecule has 1 aliphatic rings. The molecule has 1 saturated heterocycles. The molecule has 0 aliphatic carbocycles. The lowest BCUT2D eigenvalue weighted by Gasteiger charge is -2.33. The van der Waals surface area contributed by atoms with Crippen LogP contribution in [0.3, 0.4) is 0 Å². The summed E-state index contributed by atoms with van der Waals surface area (Å²) >= 11 is 0. The molecule has 5 heteroatoms. The fraction of sp³-hybridized carbons (Fsp3) is 0.682. The lowest BCUT2D eigenvalue weighted by atomic mass is 9.99. The van der Waals surface area contributed by atoms with Gasteiger partial charge < -0.3 is 20.4 Å². The van der Waals surface area contributed by atoms with Crippen LogP contribution in [0.5, 0.6) is 0 Å². The van der Waals surface area contributed by atoms with E-state index in [-0.39, 0.29) is 0 Å². The van der Waals surface area contributed by atoms with Crippen LogP contribution in [0, 0.1) is 12.8 Å². The van der Waals surface area contributed by atoms with Gasteiger partial charge in [0.05, 0.1) is 0 Å². The highest BCUT2D eigenvalue weighted by molar-refractivity contribution is 5.79. The fourth-order valence-electron chi connectivity index (χ4n) is 3.46. The molecule has 2 rings (SSSR count). The zero-order valence-electron chi connectivity index (χ0n) is 18.0. The highest BCUT2D eigenvalue weighted by Gasteiger charge is 2.16. The van der Waals surface area contributed by atoms with Gasteiger partial charge in [0.25, 0.3) is 0 Å². The zero-order valence-corrected chi connectivity index (χ0v) is 18.0. The lowest BCUT2D eigenvalue weighted by Crippen LogP contribution is -2.46. The van der Waals surface area contributed by atoms with Crippen LogP contribution in [-0.4, -0.2) is 75.2 Å². The Hall–Kier alpha value is -1.59. The van der Waals surface area contributed by atoms with Crippen molar-refractivity contribution in [1.29, 1.82) is 0 Å². The van der Waals surface area contributed by atoms with Crippen LogP contribution < -0.4 is 10.6 Å². The van der Waals surface area contributed by atoms with E-state index in [9.17, 15) is 0 Å². The molecule has 0 spiro atoms. The molecular formula is C22H39N5. The minimum atomic E-state index is 0.455. The molecule has 152 valence electrons. The molecule has 1 fully saturated rings. The highest BCUT2D eigenvalue weighted by Crippen LogP contribution is 2.15. The van der Waals surface area contributed by atoms with Crippen LogP contribution >= 0.6 is 0 Å². The van der Waals surface area contributed by atoms with E-state index < -0.39 is 0 Å². The number of likely N-dealkylation sites (N-methyl/N-ethyl adjacent to an activating group) is 1. The maximum absolute atomic E-state index is 4.83. The van der Waals surface area contributed by atoms with E-state index in [1.54, 1.807) is 0 Å². The summed E-state index contributed by atoms with van der Waals surface area (Å²) in [5, 5.41) is 6.91. The number of nitrogens with one attached hydrogen (secondary N) is 2. The number of aliphatic imine (C=N–C) groups is 1. The van der Waals surface area contributed by atoms with E-state index in [0.717, 1.165) is 32.1 Å². The molecule has 1 aromatic carbocycles. The average molecular weight is 374 g/mol. The smallest absolute Gasteiger partial charge is 0.191 e. The van der Waals surface area contributed by atoms with Gasteiger partial charge in [-0.15, -0.1) is 0 Å². The summed E-state index contributed by atoms with van der Waals surface area (Å²) in [7, 11) is 2.21. The van der Waals surface area contributed by atoms with Crippen molar-refractivity contribution in [2.75, 3.05) is 59.4 Å². The number of aryl methyl sites for hydroxylation is 1. The third-order valence-electron chi connectivity index (χ3n) is 5.26. The molecule has 0 amide bonds. The summed E-state index contributed by atoms with van der Waals surface area (Å²) in [6.45, 7) is 17.3. The standard InChI is InChI=1S/C22H39N5/c1-6-23-22(25-16-20(4)21-9-7-8-18(2)14-21)24-15-19(3)17-27-12-10-26(5)11-13-27/h7-9,14,19-20H,6,10-13,15-17H2,1-5H3,(H2,23,24,25). The second kappa shape index (κ2) is 11.3. The number of nitrogens with zero attached hydrogens (tertiary/aromatic N) is 3. The Balaban J connectivity index is 1.80. The number of hydrogen-bond acceptors (Lipinski definition) is 3. The van der Waals surface area contributed by atoms with E-state index in [4.69, 9.17) is 4.99 Å². The molecule has 5 nitrogen and oxygen atoms in total. The molecule has 0 bridgehead atoms. The van der Waals surface area contributed by atoms with Crippen molar-refractivity contribution in [3.63, 3.8) is 0 Å². The molecule has 27 heavy (non-hydrogen) atoms. The average Bonchev–Trinajstić information content (AvgIpc) is 2.65. The summed E-state index contributed by atoms with van der Waals surface area (Å²) in [5.41, 5.74) is 2.69. The minimum Gasteiger partial charge on any atom is -0.357 e. The van der Waals surface area contributed by atoms with Gasteiger partial charge in [0, 0.05) is 52.4 Å². The Labute approximate surface area is 166 Å². The maximum atomic E-state index is 4.83. The Morgan fingerprint density at radius 2 is 1.89 bits per heavy atom. The number of benzene rings is 1. The number of hydrogen-bond donors (Lipinski definition) is 2. The third-order valence-corrected chi connectivity index (χ3v) is 5.26. The second-order valence-corrected chi connectivity index (χ2v) is 8.12. The normalized spacial score (nSPS) is 18.9. The first kappa shape index (κ1) is 21.7. The fourth-order valence-corrected chi connectivity index (χ4v) is 3.46. The predicted molar refractivity (Wildman–Crippen MR) is 117 cm³/mol. The van der Waals surface area contributed by atoms with Crippen molar-refractivity contribution >= 4 is 5.96 Å². The van der Waals surface area contributed by atoms with Crippen molar-refractivity contribution in [3.8, 4) is 0 Å². The molecular weight excluding hydrogens is 334 g/mol. The molecule has 2 N–H and O–H groups in total. The number of rotatable bonds is 8. The van der Waals surface area contributed by atoms with Gasteiger partial charge >= 0.3 is 0 Å². The summed E-state index contributed by atoms with van der Waals surface area (Å²) in [5.74, 6) is 1.96. The van der Waals surface area contributed by atoms with Crippen LogP contribution in [-0.2, 0) is 0 Å². The first-order chi connectivity index (χ1) is 13.0. The molecule has 1 aromatic rings. The Morgan fingerprint density at radius 3 is 2.56 bits per heavy atom. The van der Waals surface area contributed by atoms with Crippen molar-refractivity contribution < 1.29 is 0 Å². The van der Waals surface area contributed by atoms with E-state index in [1.807, 2.05) is 0 Å². The topological polar surface area (TPSA) is 42.9 Å². The monoisotopic (exact) mass is 373 g/mol. The van der Waals surface area contributed by atoms with Crippen LogP contribution in [0.4, 0.5) is 0 Å². The third kappa shape index (κ3) is 7.89. The van der Waals surface area contributed by atoms with Gasteiger partial charge in [-0.05, 0) is 38.3 Å². The Bertz CT molecular complexity index is 578. The molecule has 2 unspecified atom stereocenters. The maximum Gasteiger partial charge on any atom is 0.191 e. The SMILES string of the molecule is CCNC(=NCC(C)CN1CCN(C)CC1)NCC(C)c1cccc(C)c1. The van der Waals surface area contributed by atoms with Crippen LogP contribution in [0.25, 0.3) is 0 Å². The summed E-state index contributed by atoms with van der Waals surface area (Å²) in [6.07, 6.45) is 0. The van der Waals surface area contributed by atoms with E-state index >= 15 is 0 Å². The van der Waals surface area contributed by atoms with Gasteiger partial charge in [-0.25, -0.2) is 0 Å². The quantitative estimate of drug-likeness (QED) is 0.543. The first-order valence-electron chi connectivity index (χ1n) is 10.5. The zero-order chi connectivity index (χ0) is 19.6. The first-order valence-corrected chi connectivity index (χ1v) is 10.5. The summed E-state index contributed by atoms with van der Waals surface area (Å²) in [6, 6.07) is 8.77. The van der Waals surface area contributed by atoms with Crippen molar-refractivity contribution in [2.24, 2.45) is 10.9 Å². The van der Waals surface area contributed by atoms with Crippen molar-refractivity contribution in [3.05, 3.63) is 35.4 Å². The Morgan fingerprint density at radius 1 is 1.15 bits per heavy atom. The van der Waals surface area contributed by atoms with Gasteiger partial charge in [-0.3, -0.25) is 4.99 Å². The van der Waals surface area contributed by atoms with Gasteiger partial charge in [0.2, 0.25) is 0 Å². The minimum absolute atomic E-state index is 0.455. The molecule has 1 heterocycles. The Kier molecular flexibility index (Phi) is 9.08. The van der Waals surface area contributed by atoms with E-state index in [2.05, 4.69) is 79.4 Å². The van der Waals surface area contributed by atoms with Crippen LogP contribution in [0.2, 0.25) is 0 Å². The van der Waals surface area contributed by atoms with Gasteiger partial charge in [0.1, 0.15) is 0 Å². The lowest BCUT2D eigenvalue weighted by molar-refractivity contribution is 0.140. The molecule has 0 radical (unpaired) electrons. The summed E-state index contributed by atoms with van der Waals surface area (Å²) in [4.78, 5) is 9.81. The van der Waals surface area contributed by atoms with Gasteiger partial charge in [-0.2, -0.15) is 0 Å². The van der Waals surface area contributed by atoms with E-state index in [1.165, 1.54) is 37.3 Å². The van der Waals surface area contributed by atoms with Crippen molar-refractivity contribution in [2.45, 2.75) is 33.6 Å². The van der Waals surface area contributed by atoms with Gasteiger partial charge in [-0.1, -0.05) is 43.7 Å². The number of piperazine rings is 1. The molecule has 1 aliphatic heterocycles. The van der Waals surface area contributed by atoms with Gasteiger partial charge in [0.15, 0.2) is 5.96 Å².